The molecule has 7 nitrogen and oxygen atoms in total. The normalized spacial score (nSPS) is 12.1. The summed E-state index contributed by atoms with van der Waals surface area (Å²) >= 11 is 0. The highest BCUT2D eigenvalue weighted by Crippen LogP contribution is 2.30. The largest absolute Gasteiger partial charge is 0.494 e. The second-order valence-electron chi connectivity index (χ2n) is 8.86. The number of nitrogens with zero attached hydrogens (tertiary/aromatic N) is 2. The van der Waals surface area contributed by atoms with Crippen molar-refractivity contribution in [1.29, 1.82) is 5.26 Å². The van der Waals surface area contributed by atoms with Crippen molar-refractivity contribution in [3.63, 3.8) is 0 Å². The fourth-order valence-corrected chi connectivity index (χ4v) is 3.66. The number of pyridine rings is 1. The fourth-order valence-electron chi connectivity index (χ4n) is 3.66. The van der Waals surface area contributed by atoms with Crippen molar-refractivity contribution < 1.29 is 19.4 Å². The molecule has 33 heavy (non-hydrogen) atoms. The zero-order valence-electron chi connectivity index (χ0n) is 20.6. The van der Waals surface area contributed by atoms with Crippen LogP contribution in [0.2, 0.25) is 0 Å². The van der Waals surface area contributed by atoms with Crippen LogP contribution in [0.5, 0.6) is 11.6 Å². The molecule has 0 aliphatic carbocycles. The number of benzene rings is 1. The number of ketones is 1. The molecule has 0 aliphatic heterocycles. The first kappa shape index (κ1) is 26.1. The molecule has 0 saturated heterocycles. The maximum Gasteiger partial charge on any atom is 0.271 e. The molecule has 1 heterocycles. The maximum atomic E-state index is 13.4. The van der Waals surface area contributed by atoms with Gasteiger partial charge in [-0.15, -0.1) is 0 Å². The first-order valence-corrected chi connectivity index (χ1v) is 11.3. The van der Waals surface area contributed by atoms with Gasteiger partial charge in [0.25, 0.3) is 5.56 Å². The van der Waals surface area contributed by atoms with E-state index in [-0.39, 0.29) is 35.3 Å². The van der Waals surface area contributed by atoms with Crippen molar-refractivity contribution in [2.24, 2.45) is 0 Å². The van der Waals surface area contributed by atoms with Gasteiger partial charge in [0.05, 0.1) is 11.7 Å². The van der Waals surface area contributed by atoms with Gasteiger partial charge in [0.2, 0.25) is 11.7 Å². The van der Waals surface area contributed by atoms with E-state index in [9.17, 15) is 20.0 Å². The van der Waals surface area contributed by atoms with E-state index in [1.54, 1.807) is 6.92 Å². The van der Waals surface area contributed by atoms with Crippen LogP contribution in [0.3, 0.4) is 0 Å². The second kappa shape index (κ2) is 11.2. The predicted molar refractivity (Wildman–Crippen MR) is 127 cm³/mol. The lowest BCUT2D eigenvalue weighted by molar-refractivity contribution is 0.0742. The molecular weight excluding hydrogens is 420 g/mol. The molecule has 1 aromatic carbocycles. The summed E-state index contributed by atoms with van der Waals surface area (Å²) in [7, 11) is 0. The summed E-state index contributed by atoms with van der Waals surface area (Å²) in [6.07, 6.45) is -0.452. The zero-order chi connectivity index (χ0) is 24.9. The van der Waals surface area contributed by atoms with Crippen molar-refractivity contribution >= 4 is 5.78 Å². The highest BCUT2D eigenvalue weighted by molar-refractivity contribution is 6.03. The number of rotatable bonds is 10. The molecule has 1 aromatic heterocycles. The Hall–Kier alpha value is -3.11. The average Bonchev–Trinajstić information content (AvgIpc) is 2.72. The average molecular weight is 455 g/mol. The van der Waals surface area contributed by atoms with E-state index >= 15 is 0 Å². The molecule has 7 heteroatoms. The van der Waals surface area contributed by atoms with Gasteiger partial charge >= 0.3 is 0 Å². The molecule has 2 rings (SSSR count). The lowest BCUT2D eigenvalue weighted by Gasteiger charge is -2.21. The summed E-state index contributed by atoms with van der Waals surface area (Å²) in [6.45, 7) is 13.4. The number of carbonyl (C=O) groups is 1. The molecule has 0 radical (unpaired) electrons. The van der Waals surface area contributed by atoms with Crippen LogP contribution >= 0.6 is 0 Å². The van der Waals surface area contributed by atoms with E-state index in [1.165, 1.54) is 6.92 Å². The number of ether oxygens (including phenoxy) is 2. The SMILES string of the molecule is Cc1ccc(C(C)C)c(OC(C)C(=O)c2c(C)c(C#N)c(=O)n(CCCOC(C)C)c2O)c1. The van der Waals surface area contributed by atoms with Crippen LogP contribution < -0.4 is 10.3 Å². The lowest BCUT2D eigenvalue weighted by atomic mass is 9.98. The summed E-state index contributed by atoms with van der Waals surface area (Å²) in [5.41, 5.74) is 1.27. The third-order valence-corrected chi connectivity index (χ3v) is 5.49. The van der Waals surface area contributed by atoms with Crippen LogP contribution in [-0.2, 0) is 11.3 Å². The standard InChI is InChI=1S/C26H34N2O5/c1-15(2)20-10-9-17(5)13-22(20)33-19(7)24(29)23-18(6)21(14-27)25(30)28(26(23)31)11-8-12-32-16(3)4/h9-10,13,15-16,19,31H,8,11-12H2,1-7H3. The molecule has 0 bridgehead atoms. The van der Waals surface area contributed by atoms with Gasteiger partial charge in [-0.25, -0.2) is 0 Å². The molecule has 0 fully saturated rings. The third kappa shape index (κ3) is 6.02. The summed E-state index contributed by atoms with van der Waals surface area (Å²) in [5.74, 6) is -0.152. The van der Waals surface area contributed by atoms with Crippen LogP contribution in [0.15, 0.2) is 23.0 Å². The topological polar surface area (TPSA) is 102 Å². The van der Waals surface area contributed by atoms with Crippen molar-refractivity contribution in [3.05, 3.63) is 56.4 Å². The van der Waals surface area contributed by atoms with Gasteiger partial charge in [-0.1, -0.05) is 26.0 Å². The molecule has 2 aromatic rings. The summed E-state index contributed by atoms with van der Waals surface area (Å²) in [4.78, 5) is 26.1. The van der Waals surface area contributed by atoms with Crippen LogP contribution in [-0.4, -0.2) is 34.3 Å². The Morgan fingerprint density at radius 1 is 1.18 bits per heavy atom. The lowest BCUT2D eigenvalue weighted by Crippen LogP contribution is -2.31. The number of hydrogen-bond acceptors (Lipinski definition) is 6. The van der Waals surface area contributed by atoms with E-state index in [1.807, 2.05) is 58.9 Å². The minimum Gasteiger partial charge on any atom is -0.494 e. The Labute approximate surface area is 195 Å². The smallest absolute Gasteiger partial charge is 0.271 e. The molecule has 1 unspecified atom stereocenters. The minimum absolute atomic E-state index is 0.0375. The van der Waals surface area contributed by atoms with E-state index < -0.39 is 23.3 Å². The van der Waals surface area contributed by atoms with Gasteiger partial charge in [0.15, 0.2) is 6.10 Å². The van der Waals surface area contributed by atoms with Crippen molar-refractivity contribution in [2.75, 3.05) is 6.61 Å². The van der Waals surface area contributed by atoms with E-state index in [0.717, 1.165) is 15.7 Å². The summed E-state index contributed by atoms with van der Waals surface area (Å²) < 4.78 is 12.6. The van der Waals surface area contributed by atoms with Crippen LogP contribution in [0.25, 0.3) is 0 Å². The maximum absolute atomic E-state index is 13.4. The number of hydrogen-bond donors (Lipinski definition) is 1. The first-order valence-electron chi connectivity index (χ1n) is 11.3. The minimum atomic E-state index is -0.935. The van der Waals surface area contributed by atoms with Gasteiger partial charge in [0.1, 0.15) is 17.4 Å². The molecule has 0 saturated carbocycles. The monoisotopic (exact) mass is 454 g/mol. The Balaban J connectivity index is 2.43. The number of carbonyl (C=O) groups excluding carboxylic acids is 1. The van der Waals surface area contributed by atoms with Gasteiger partial charge in [0, 0.05) is 13.2 Å². The predicted octanol–water partition coefficient (Wildman–Crippen LogP) is 4.63. The molecule has 1 N–H and O–H groups in total. The van der Waals surface area contributed by atoms with Gasteiger partial charge in [-0.05, 0) is 69.7 Å². The fraction of sp³-hybridized carbons (Fsp3) is 0.500. The molecule has 178 valence electrons. The third-order valence-electron chi connectivity index (χ3n) is 5.49. The summed E-state index contributed by atoms with van der Waals surface area (Å²) in [5, 5.41) is 20.4. The van der Waals surface area contributed by atoms with Crippen LogP contribution in [0.4, 0.5) is 0 Å². The van der Waals surface area contributed by atoms with Crippen LogP contribution in [0, 0.1) is 25.2 Å². The highest BCUT2D eigenvalue weighted by atomic mass is 16.5. The number of Topliss-reactive ketones (excluding diaryl/α,β-unsaturated/α-hetero) is 1. The van der Waals surface area contributed by atoms with Gasteiger partial charge in [-0.2, -0.15) is 5.26 Å². The number of nitriles is 1. The molecule has 0 amide bonds. The van der Waals surface area contributed by atoms with E-state index in [2.05, 4.69) is 0 Å². The Kier molecular flexibility index (Phi) is 8.84. The Bertz CT molecular complexity index is 1110. The van der Waals surface area contributed by atoms with E-state index in [4.69, 9.17) is 9.47 Å². The number of aromatic nitrogens is 1. The first-order chi connectivity index (χ1) is 15.5. The Morgan fingerprint density at radius 3 is 2.42 bits per heavy atom. The highest BCUT2D eigenvalue weighted by Gasteiger charge is 2.28. The van der Waals surface area contributed by atoms with Crippen LogP contribution in [0.1, 0.15) is 79.6 Å². The van der Waals surface area contributed by atoms with Crippen molar-refractivity contribution in [2.45, 2.75) is 79.6 Å². The molecular formula is C26H34N2O5. The molecule has 1 atom stereocenters. The summed E-state index contributed by atoms with van der Waals surface area (Å²) in [6, 6.07) is 7.73. The zero-order valence-corrected chi connectivity index (χ0v) is 20.6. The quantitative estimate of drug-likeness (QED) is 0.415. The van der Waals surface area contributed by atoms with Crippen molar-refractivity contribution in [1.82, 2.24) is 4.57 Å². The Morgan fingerprint density at radius 2 is 1.85 bits per heavy atom. The number of aryl methyl sites for hydroxylation is 1. The van der Waals surface area contributed by atoms with Gasteiger partial charge in [-0.3, -0.25) is 14.2 Å². The van der Waals surface area contributed by atoms with Gasteiger partial charge < -0.3 is 14.6 Å². The second-order valence-corrected chi connectivity index (χ2v) is 8.86. The van der Waals surface area contributed by atoms with Crippen molar-refractivity contribution in [3.8, 4) is 17.7 Å². The van der Waals surface area contributed by atoms with E-state index in [0.29, 0.717) is 18.8 Å². The molecule has 0 spiro atoms. The molecule has 0 aliphatic rings. The number of aromatic hydroxyl groups is 1.